The molecule has 106 valence electrons. The van der Waals surface area contributed by atoms with Gasteiger partial charge in [-0.05, 0) is 43.2 Å². The molecule has 0 saturated heterocycles. The highest BCUT2D eigenvalue weighted by molar-refractivity contribution is 5.33. The fourth-order valence-electron chi connectivity index (χ4n) is 2.03. The summed E-state index contributed by atoms with van der Waals surface area (Å²) in [5.74, 6) is 1.57. The molecule has 3 heteroatoms. The van der Waals surface area contributed by atoms with Crippen LogP contribution in [0.2, 0.25) is 0 Å². The van der Waals surface area contributed by atoms with Gasteiger partial charge < -0.3 is 14.6 Å². The van der Waals surface area contributed by atoms with Crippen LogP contribution in [0.4, 0.5) is 0 Å². The first-order chi connectivity index (χ1) is 9.61. The predicted molar refractivity (Wildman–Crippen MR) is 79.2 cm³/mol. The van der Waals surface area contributed by atoms with Gasteiger partial charge in [-0.15, -0.1) is 0 Å². The molecule has 0 aliphatic heterocycles. The molecule has 0 spiro atoms. The van der Waals surface area contributed by atoms with Crippen LogP contribution in [0.3, 0.4) is 0 Å². The van der Waals surface area contributed by atoms with Gasteiger partial charge in [0.25, 0.3) is 0 Å². The number of benzene rings is 2. The second-order valence-electron chi connectivity index (χ2n) is 4.81. The minimum atomic E-state index is -0.680. The lowest BCUT2D eigenvalue weighted by Gasteiger charge is -2.22. The molecule has 2 aromatic carbocycles. The van der Waals surface area contributed by atoms with Crippen LogP contribution in [0.25, 0.3) is 0 Å². The van der Waals surface area contributed by atoms with E-state index in [0.29, 0.717) is 0 Å². The van der Waals surface area contributed by atoms with Gasteiger partial charge in [0.2, 0.25) is 0 Å². The summed E-state index contributed by atoms with van der Waals surface area (Å²) in [6, 6.07) is 15.1. The Bertz CT molecular complexity index is 548. The number of hydrogen-bond donors (Lipinski definition) is 1. The average molecular weight is 272 g/mol. The summed E-state index contributed by atoms with van der Waals surface area (Å²) < 4.78 is 10.9. The molecule has 0 heterocycles. The standard InChI is InChI=1S/C17H20O3/c1-12-6-4-5-7-16(12)20-13(2)17(18)14-8-10-15(19-3)11-9-14/h4-11,13,17-18H,1-3H3. The minimum Gasteiger partial charge on any atom is -0.497 e. The Balaban J connectivity index is 2.08. The number of ether oxygens (including phenoxy) is 2. The molecule has 2 atom stereocenters. The average Bonchev–Trinajstić information content (AvgIpc) is 2.49. The van der Waals surface area contributed by atoms with E-state index in [1.54, 1.807) is 7.11 Å². The third-order valence-corrected chi connectivity index (χ3v) is 3.31. The SMILES string of the molecule is COc1ccc(C(O)C(C)Oc2ccccc2C)cc1. The van der Waals surface area contributed by atoms with Gasteiger partial charge in [-0.3, -0.25) is 0 Å². The zero-order chi connectivity index (χ0) is 14.5. The van der Waals surface area contributed by atoms with Gasteiger partial charge in [-0.2, -0.15) is 0 Å². The van der Waals surface area contributed by atoms with Crippen molar-refractivity contribution in [1.29, 1.82) is 0 Å². The molecule has 2 aromatic rings. The van der Waals surface area contributed by atoms with Gasteiger partial charge in [0.05, 0.1) is 7.11 Å². The fraction of sp³-hybridized carbons (Fsp3) is 0.294. The van der Waals surface area contributed by atoms with Crippen LogP contribution in [-0.4, -0.2) is 18.3 Å². The van der Waals surface area contributed by atoms with Crippen molar-refractivity contribution in [2.45, 2.75) is 26.1 Å². The van der Waals surface area contributed by atoms with E-state index in [-0.39, 0.29) is 6.10 Å². The van der Waals surface area contributed by atoms with E-state index in [0.717, 1.165) is 22.6 Å². The van der Waals surface area contributed by atoms with Crippen molar-refractivity contribution in [1.82, 2.24) is 0 Å². The zero-order valence-corrected chi connectivity index (χ0v) is 12.0. The molecule has 0 aliphatic carbocycles. The molecule has 0 amide bonds. The molecule has 2 rings (SSSR count). The summed E-state index contributed by atoms with van der Waals surface area (Å²) in [5, 5.41) is 10.3. The van der Waals surface area contributed by atoms with Gasteiger partial charge >= 0.3 is 0 Å². The zero-order valence-electron chi connectivity index (χ0n) is 12.0. The molecule has 0 fully saturated rings. The molecular formula is C17H20O3. The molecule has 0 aromatic heterocycles. The van der Waals surface area contributed by atoms with Crippen LogP contribution in [0.15, 0.2) is 48.5 Å². The normalized spacial score (nSPS) is 13.6. The lowest BCUT2D eigenvalue weighted by atomic mass is 10.1. The van der Waals surface area contributed by atoms with Crippen LogP contribution in [0.5, 0.6) is 11.5 Å². The molecule has 0 bridgehead atoms. The number of para-hydroxylation sites is 1. The third kappa shape index (κ3) is 3.31. The summed E-state index contributed by atoms with van der Waals surface area (Å²) in [6.45, 7) is 3.85. The largest absolute Gasteiger partial charge is 0.497 e. The van der Waals surface area contributed by atoms with Crippen LogP contribution in [-0.2, 0) is 0 Å². The van der Waals surface area contributed by atoms with E-state index < -0.39 is 6.10 Å². The lowest BCUT2D eigenvalue weighted by Crippen LogP contribution is -2.22. The van der Waals surface area contributed by atoms with Crippen molar-refractivity contribution in [3.05, 3.63) is 59.7 Å². The van der Waals surface area contributed by atoms with Crippen LogP contribution in [0.1, 0.15) is 24.2 Å². The first-order valence-electron chi connectivity index (χ1n) is 6.66. The van der Waals surface area contributed by atoms with E-state index >= 15 is 0 Å². The first kappa shape index (κ1) is 14.4. The van der Waals surface area contributed by atoms with Crippen molar-refractivity contribution in [3.63, 3.8) is 0 Å². The predicted octanol–water partition coefficient (Wildman–Crippen LogP) is 3.50. The van der Waals surface area contributed by atoms with Crippen LogP contribution < -0.4 is 9.47 Å². The lowest BCUT2D eigenvalue weighted by molar-refractivity contribution is 0.0463. The van der Waals surface area contributed by atoms with Crippen molar-refractivity contribution >= 4 is 0 Å². The van der Waals surface area contributed by atoms with Gasteiger partial charge in [-0.1, -0.05) is 30.3 Å². The van der Waals surface area contributed by atoms with E-state index in [1.807, 2.05) is 62.4 Å². The highest BCUT2D eigenvalue weighted by atomic mass is 16.5. The second-order valence-corrected chi connectivity index (χ2v) is 4.81. The molecule has 0 saturated carbocycles. The summed E-state index contributed by atoms with van der Waals surface area (Å²) in [7, 11) is 1.62. The fourth-order valence-corrected chi connectivity index (χ4v) is 2.03. The Labute approximate surface area is 119 Å². The Kier molecular flexibility index (Phi) is 4.64. The maximum absolute atomic E-state index is 10.3. The quantitative estimate of drug-likeness (QED) is 0.905. The van der Waals surface area contributed by atoms with Crippen molar-refractivity contribution in [2.75, 3.05) is 7.11 Å². The topological polar surface area (TPSA) is 38.7 Å². The maximum atomic E-state index is 10.3. The number of hydrogen-bond acceptors (Lipinski definition) is 3. The van der Waals surface area contributed by atoms with Crippen molar-refractivity contribution in [2.24, 2.45) is 0 Å². The van der Waals surface area contributed by atoms with E-state index in [2.05, 4.69) is 0 Å². The van der Waals surface area contributed by atoms with Crippen LogP contribution in [0, 0.1) is 6.92 Å². The number of methoxy groups -OCH3 is 1. The molecule has 0 aliphatic rings. The van der Waals surface area contributed by atoms with E-state index in [4.69, 9.17) is 9.47 Å². The van der Waals surface area contributed by atoms with Gasteiger partial charge in [0, 0.05) is 0 Å². The van der Waals surface area contributed by atoms with Gasteiger partial charge in [0.1, 0.15) is 23.7 Å². The Morgan fingerprint density at radius 1 is 1.00 bits per heavy atom. The monoisotopic (exact) mass is 272 g/mol. The molecule has 0 radical (unpaired) electrons. The molecule has 2 unspecified atom stereocenters. The Morgan fingerprint density at radius 3 is 2.25 bits per heavy atom. The van der Waals surface area contributed by atoms with Crippen LogP contribution >= 0.6 is 0 Å². The number of rotatable bonds is 5. The second kappa shape index (κ2) is 6.44. The smallest absolute Gasteiger partial charge is 0.126 e. The molecule has 20 heavy (non-hydrogen) atoms. The molecule has 1 N–H and O–H groups in total. The number of aliphatic hydroxyl groups is 1. The Hall–Kier alpha value is -2.00. The van der Waals surface area contributed by atoms with E-state index in [1.165, 1.54) is 0 Å². The van der Waals surface area contributed by atoms with Gasteiger partial charge in [0.15, 0.2) is 0 Å². The van der Waals surface area contributed by atoms with Crippen molar-refractivity contribution < 1.29 is 14.6 Å². The summed E-state index contributed by atoms with van der Waals surface area (Å²) >= 11 is 0. The summed E-state index contributed by atoms with van der Waals surface area (Å²) in [6.07, 6.45) is -1.01. The maximum Gasteiger partial charge on any atom is 0.126 e. The molecule has 3 nitrogen and oxygen atoms in total. The van der Waals surface area contributed by atoms with Gasteiger partial charge in [-0.25, -0.2) is 0 Å². The summed E-state index contributed by atoms with van der Waals surface area (Å²) in [5.41, 5.74) is 1.87. The number of aliphatic hydroxyl groups excluding tert-OH is 1. The highest BCUT2D eigenvalue weighted by Gasteiger charge is 2.18. The van der Waals surface area contributed by atoms with Crippen molar-refractivity contribution in [3.8, 4) is 11.5 Å². The highest BCUT2D eigenvalue weighted by Crippen LogP contribution is 2.25. The first-order valence-corrected chi connectivity index (χ1v) is 6.66. The minimum absolute atomic E-state index is 0.329. The third-order valence-electron chi connectivity index (χ3n) is 3.31. The summed E-state index contributed by atoms with van der Waals surface area (Å²) in [4.78, 5) is 0. The Morgan fingerprint density at radius 2 is 1.65 bits per heavy atom. The number of aryl methyl sites for hydroxylation is 1. The van der Waals surface area contributed by atoms with E-state index in [9.17, 15) is 5.11 Å². The molecular weight excluding hydrogens is 252 g/mol.